The van der Waals surface area contributed by atoms with Crippen molar-refractivity contribution in [3.8, 4) is 5.69 Å². The molecule has 3 aromatic rings. The van der Waals surface area contributed by atoms with E-state index < -0.39 is 0 Å². The summed E-state index contributed by atoms with van der Waals surface area (Å²) in [5, 5.41) is 5.03. The Morgan fingerprint density at radius 1 is 1.17 bits per heavy atom. The SMILES string of the molecule is Cc1c(C(=O)N2CCc3ccccc32)cnn1-c1cccc(Cl)c1. The van der Waals surface area contributed by atoms with Crippen LogP contribution in [0.3, 0.4) is 0 Å². The standard InChI is InChI=1S/C19H16ClN3O/c1-13-17(12-21-23(13)16-7-4-6-15(20)11-16)19(24)22-10-9-14-5-2-3-8-18(14)22/h2-8,11-12H,9-10H2,1H3. The van der Waals surface area contributed by atoms with Crippen LogP contribution in [0.4, 0.5) is 5.69 Å². The minimum atomic E-state index is -0.00859. The van der Waals surface area contributed by atoms with Gasteiger partial charge in [-0.3, -0.25) is 4.79 Å². The van der Waals surface area contributed by atoms with Crippen LogP contribution in [0.1, 0.15) is 21.6 Å². The molecule has 0 bridgehead atoms. The fourth-order valence-electron chi connectivity index (χ4n) is 3.18. The quantitative estimate of drug-likeness (QED) is 0.708. The molecule has 4 rings (SSSR count). The number of rotatable bonds is 2. The van der Waals surface area contributed by atoms with Crippen molar-refractivity contribution in [2.75, 3.05) is 11.4 Å². The molecule has 1 aliphatic rings. The van der Waals surface area contributed by atoms with Crippen molar-refractivity contribution >= 4 is 23.2 Å². The predicted molar refractivity (Wildman–Crippen MR) is 95.1 cm³/mol. The highest BCUT2D eigenvalue weighted by Crippen LogP contribution is 2.29. The van der Waals surface area contributed by atoms with Crippen LogP contribution in [0.25, 0.3) is 5.69 Å². The highest BCUT2D eigenvalue weighted by atomic mass is 35.5. The van der Waals surface area contributed by atoms with Gasteiger partial charge in [0, 0.05) is 17.3 Å². The number of anilines is 1. The Bertz CT molecular complexity index is 932. The first kappa shape index (κ1) is 15.0. The third-order valence-electron chi connectivity index (χ3n) is 4.43. The average Bonchev–Trinajstić information content (AvgIpc) is 3.18. The maximum absolute atomic E-state index is 13.0. The number of hydrogen-bond donors (Lipinski definition) is 0. The van der Waals surface area contributed by atoms with Gasteiger partial charge in [-0.25, -0.2) is 4.68 Å². The van der Waals surface area contributed by atoms with Crippen molar-refractivity contribution in [2.45, 2.75) is 13.3 Å². The number of nitrogens with zero attached hydrogens (tertiary/aromatic N) is 3. The summed E-state index contributed by atoms with van der Waals surface area (Å²) in [4.78, 5) is 14.8. The van der Waals surface area contributed by atoms with Crippen molar-refractivity contribution in [1.82, 2.24) is 9.78 Å². The molecular weight excluding hydrogens is 322 g/mol. The Kier molecular flexibility index (Phi) is 3.62. The van der Waals surface area contributed by atoms with Crippen molar-refractivity contribution in [1.29, 1.82) is 0 Å². The van der Waals surface area contributed by atoms with E-state index in [0.29, 0.717) is 17.1 Å². The molecule has 0 spiro atoms. The van der Waals surface area contributed by atoms with Gasteiger partial charge in [0.2, 0.25) is 0 Å². The Morgan fingerprint density at radius 2 is 2.00 bits per heavy atom. The molecule has 4 nitrogen and oxygen atoms in total. The number of fused-ring (bicyclic) bond motifs is 1. The van der Waals surface area contributed by atoms with E-state index in [1.54, 1.807) is 10.9 Å². The second kappa shape index (κ2) is 5.80. The summed E-state index contributed by atoms with van der Waals surface area (Å²) < 4.78 is 1.75. The van der Waals surface area contributed by atoms with Gasteiger partial charge in [0.15, 0.2) is 0 Å². The van der Waals surface area contributed by atoms with E-state index in [0.717, 1.165) is 23.5 Å². The molecule has 1 amide bonds. The van der Waals surface area contributed by atoms with Crippen molar-refractivity contribution < 1.29 is 4.79 Å². The maximum atomic E-state index is 13.0. The number of hydrogen-bond acceptors (Lipinski definition) is 2. The van der Waals surface area contributed by atoms with Crippen molar-refractivity contribution in [2.24, 2.45) is 0 Å². The summed E-state index contributed by atoms with van der Waals surface area (Å²) in [5.74, 6) is -0.00859. The summed E-state index contributed by atoms with van der Waals surface area (Å²) in [5.41, 5.74) is 4.49. The molecule has 2 heterocycles. The normalized spacial score (nSPS) is 13.2. The number of benzene rings is 2. The minimum Gasteiger partial charge on any atom is -0.308 e. The van der Waals surface area contributed by atoms with Crippen LogP contribution >= 0.6 is 11.6 Å². The van der Waals surface area contributed by atoms with E-state index in [2.05, 4.69) is 11.2 Å². The van der Waals surface area contributed by atoms with E-state index in [4.69, 9.17) is 11.6 Å². The fraction of sp³-hybridized carbons (Fsp3) is 0.158. The zero-order valence-electron chi connectivity index (χ0n) is 13.2. The summed E-state index contributed by atoms with van der Waals surface area (Å²) in [6, 6.07) is 15.5. The van der Waals surface area contributed by atoms with E-state index in [-0.39, 0.29) is 5.91 Å². The first-order valence-electron chi connectivity index (χ1n) is 7.85. The molecular formula is C19H16ClN3O. The predicted octanol–water partition coefficient (Wildman–Crippen LogP) is 4.04. The second-order valence-electron chi connectivity index (χ2n) is 5.87. The Morgan fingerprint density at radius 3 is 2.83 bits per heavy atom. The van der Waals surface area contributed by atoms with Gasteiger partial charge in [0.25, 0.3) is 5.91 Å². The van der Waals surface area contributed by atoms with Crippen LogP contribution in [-0.2, 0) is 6.42 Å². The second-order valence-corrected chi connectivity index (χ2v) is 6.31. The van der Waals surface area contributed by atoms with E-state index in [1.807, 2.05) is 54.3 Å². The van der Waals surface area contributed by atoms with Crippen LogP contribution in [0, 0.1) is 6.92 Å². The zero-order chi connectivity index (χ0) is 16.7. The van der Waals surface area contributed by atoms with Crippen LogP contribution in [0.5, 0.6) is 0 Å². The van der Waals surface area contributed by atoms with Crippen molar-refractivity contribution in [3.05, 3.63) is 76.6 Å². The Balaban J connectivity index is 1.70. The molecule has 2 aromatic carbocycles. The fourth-order valence-corrected chi connectivity index (χ4v) is 3.37. The average molecular weight is 338 g/mol. The topological polar surface area (TPSA) is 38.1 Å². The Labute approximate surface area is 145 Å². The summed E-state index contributed by atoms with van der Waals surface area (Å²) in [6.45, 7) is 2.61. The minimum absolute atomic E-state index is 0.00859. The highest BCUT2D eigenvalue weighted by molar-refractivity contribution is 6.30. The largest absolute Gasteiger partial charge is 0.308 e. The number of aromatic nitrogens is 2. The summed E-state index contributed by atoms with van der Waals surface area (Å²) >= 11 is 6.06. The number of carbonyl (C=O) groups excluding carboxylic acids is 1. The van der Waals surface area contributed by atoms with Gasteiger partial charge in [0.1, 0.15) is 0 Å². The molecule has 0 aliphatic carbocycles. The first-order chi connectivity index (χ1) is 11.6. The van der Waals surface area contributed by atoms with Crippen LogP contribution < -0.4 is 4.90 Å². The molecule has 0 saturated heterocycles. The van der Waals surface area contributed by atoms with Gasteiger partial charge in [-0.15, -0.1) is 0 Å². The molecule has 0 fully saturated rings. The van der Waals surface area contributed by atoms with Gasteiger partial charge in [0.05, 0.1) is 23.1 Å². The molecule has 1 aromatic heterocycles. The summed E-state index contributed by atoms with van der Waals surface area (Å²) in [7, 11) is 0. The molecule has 0 radical (unpaired) electrons. The van der Waals surface area contributed by atoms with Crippen molar-refractivity contribution in [3.63, 3.8) is 0 Å². The lowest BCUT2D eigenvalue weighted by molar-refractivity contribution is 0.0989. The number of para-hydroxylation sites is 1. The van der Waals surface area contributed by atoms with E-state index in [9.17, 15) is 4.79 Å². The number of amides is 1. The monoisotopic (exact) mass is 337 g/mol. The number of carbonyl (C=O) groups is 1. The molecule has 0 N–H and O–H groups in total. The lowest BCUT2D eigenvalue weighted by atomic mass is 10.1. The third kappa shape index (κ3) is 2.39. The smallest absolute Gasteiger partial charge is 0.261 e. The van der Waals surface area contributed by atoms with Crippen LogP contribution in [-0.4, -0.2) is 22.2 Å². The molecule has 0 saturated carbocycles. The first-order valence-corrected chi connectivity index (χ1v) is 8.23. The zero-order valence-corrected chi connectivity index (χ0v) is 14.0. The lowest BCUT2D eigenvalue weighted by Gasteiger charge is -2.17. The third-order valence-corrected chi connectivity index (χ3v) is 4.66. The van der Waals surface area contributed by atoms with Gasteiger partial charge >= 0.3 is 0 Å². The highest BCUT2D eigenvalue weighted by Gasteiger charge is 2.27. The van der Waals surface area contributed by atoms with E-state index in [1.165, 1.54) is 5.56 Å². The van der Waals surface area contributed by atoms with E-state index >= 15 is 0 Å². The molecule has 0 unspecified atom stereocenters. The number of halogens is 1. The molecule has 0 atom stereocenters. The molecule has 1 aliphatic heterocycles. The maximum Gasteiger partial charge on any atom is 0.261 e. The molecule has 120 valence electrons. The Hall–Kier alpha value is -2.59. The molecule has 24 heavy (non-hydrogen) atoms. The van der Waals surface area contributed by atoms with Gasteiger partial charge in [-0.1, -0.05) is 35.9 Å². The van der Waals surface area contributed by atoms with Gasteiger partial charge < -0.3 is 4.90 Å². The van der Waals surface area contributed by atoms with Crippen LogP contribution in [0.15, 0.2) is 54.7 Å². The van der Waals surface area contributed by atoms with Crippen LogP contribution in [0.2, 0.25) is 5.02 Å². The van der Waals surface area contributed by atoms with Gasteiger partial charge in [-0.05, 0) is 43.2 Å². The lowest BCUT2D eigenvalue weighted by Crippen LogP contribution is -2.29. The summed E-state index contributed by atoms with van der Waals surface area (Å²) in [6.07, 6.45) is 2.53. The van der Waals surface area contributed by atoms with Gasteiger partial charge in [-0.2, -0.15) is 5.10 Å². The molecule has 5 heteroatoms.